The maximum atomic E-state index is 8.04. The topological polar surface area (TPSA) is 36.3 Å². The first-order valence-corrected chi connectivity index (χ1v) is 2.56. The molecule has 1 saturated heterocycles. The fourth-order valence-corrected chi connectivity index (χ4v) is 0.542. The minimum atomic E-state index is 0.217. The van der Waals surface area contributed by atoms with E-state index in [2.05, 4.69) is 0 Å². The number of allylic oxidation sites excluding steroid dienone is 1. The van der Waals surface area contributed by atoms with Gasteiger partial charge in [0, 0.05) is 6.08 Å². The van der Waals surface area contributed by atoms with Crippen LogP contribution in [0.4, 0.5) is 0 Å². The van der Waals surface area contributed by atoms with Crippen LogP contribution in [0.2, 0.25) is 0 Å². The SMILES string of the molecule is CC1OC1C=CC#N. The van der Waals surface area contributed by atoms with Crippen LogP contribution in [-0.2, 0) is 4.74 Å². The lowest BCUT2D eigenvalue weighted by molar-refractivity contribution is 0.400. The van der Waals surface area contributed by atoms with Crippen molar-refractivity contribution in [2.45, 2.75) is 19.1 Å². The molecule has 0 saturated carbocycles. The molecule has 0 spiro atoms. The number of epoxide rings is 1. The van der Waals surface area contributed by atoms with E-state index in [0.29, 0.717) is 6.10 Å². The van der Waals surface area contributed by atoms with Crippen LogP contribution in [0.5, 0.6) is 0 Å². The molecule has 0 aliphatic carbocycles. The van der Waals surface area contributed by atoms with Gasteiger partial charge in [-0.2, -0.15) is 5.26 Å². The molecule has 2 unspecified atom stereocenters. The minimum Gasteiger partial charge on any atom is -0.365 e. The van der Waals surface area contributed by atoms with Crippen molar-refractivity contribution in [2.75, 3.05) is 0 Å². The number of hydrogen-bond donors (Lipinski definition) is 0. The van der Waals surface area contributed by atoms with Crippen LogP contribution < -0.4 is 0 Å². The zero-order chi connectivity index (χ0) is 5.98. The Hall–Kier alpha value is -0.810. The Morgan fingerprint density at radius 3 is 2.75 bits per heavy atom. The summed E-state index contributed by atoms with van der Waals surface area (Å²) in [5.74, 6) is 0. The molecule has 1 heterocycles. The Bertz CT molecular complexity index is 145. The molecule has 0 amide bonds. The second kappa shape index (κ2) is 1.97. The first-order valence-electron chi connectivity index (χ1n) is 2.56. The minimum absolute atomic E-state index is 0.217. The Labute approximate surface area is 48.4 Å². The molecular formula is C6H7NO. The summed E-state index contributed by atoms with van der Waals surface area (Å²) in [4.78, 5) is 0. The highest BCUT2D eigenvalue weighted by Crippen LogP contribution is 2.21. The van der Waals surface area contributed by atoms with E-state index < -0.39 is 0 Å². The van der Waals surface area contributed by atoms with Gasteiger partial charge in [0.1, 0.15) is 6.10 Å². The molecule has 1 aliphatic heterocycles. The largest absolute Gasteiger partial charge is 0.365 e. The number of nitriles is 1. The van der Waals surface area contributed by atoms with Crippen molar-refractivity contribution in [3.63, 3.8) is 0 Å². The second-order valence-corrected chi connectivity index (χ2v) is 1.79. The summed E-state index contributed by atoms with van der Waals surface area (Å²) in [5, 5.41) is 8.04. The summed E-state index contributed by atoms with van der Waals surface area (Å²) < 4.78 is 4.98. The molecule has 2 atom stereocenters. The molecule has 1 fully saturated rings. The predicted molar refractivity (Wildman–Crippen MR) is 29.1 cm³/mol. The number of hydrogen-bond acceptors (Lipinski definition) is 2. The van der Waals surface area contributed by atoms with E-state index in [1.807, 2.05) is 13.0 Å². The Balaban J connectivity index is 2.24. The van der Waals surface area contributed by atoms with E-state index in [1.165, 1.54) is 6.08 Å². The van der Waals surface area contributed by atoms with Crippen LogP contribution >= 0.6 is 0 Å². The van der Waals surface area contributed by atoms with Gasteiger partial charge in [0.25, 0.3) is 0 Å². The van der Waals surface area contributed by atoms with Crippen molar-refractivity contribution in [3.8, 4) is 6.07 Å². The third-order valence-corrected chi connectivity index (χ3v) is 1.12. The van der Waals surface area contributed by atoms with Crippen LogP contribution in [0.3, 0.4) is 0 Å². The van der Waals surface area contributed by atoms with Crippen molar-refractivity contribution in [1.82, 2.24) is 0 Å². The van der Waals surface area contributed by atoms with E-state index in [1.54, 1.807) is 6.08 Å². The van der Waals surface area contributed by atoms with Crippen molar-refractivity contribution in [3.05, 3.63) is 12.2 Å². The van der Waals surface area contributed by atoms with Gasteiger partial charge in [-0.25, -0.2) is 0 Å². The van der Waals surface area contributed by atoms with E-state index in [4.69, 9.17) is 10.00 Å². The van der Waals surface area contributed by atoms with Gasteiger partial charge >= 0.3 is 0 Å². The van der Waals surface area contributed by atoms with Crippen molar-refractivity contribution in [1.29, 1.82) is 5.26 Å². The standard InChI is InChI=1S/C6H7NO/c1-5-6(8-5)3-2-4-7/h2-3,5-6H,1H3. The van der Waals surface area contributed by atoms with Crippen LogP contribution in [0.1, 0.15) is 6.92 Å². The molecule has 8 heavy (non-hydrogen) atoms. The van der Waals surface area contributed by atoms with Gasteiger partial charge in [-0.3, -0.25) is 0 Å². The molecule has 42 valence electrons. The zero-order valence-corrected chi connectivity index (χ0v) is 4.66. The van der Waals surface area contributed by atoms with Gasteiger partial charge in [0.2, 0.25) is 0 Å². The average molecular weight is 109 g/mol. The summed E-state index contributed by atoms with van der Waals surface area (Å²) in [5.41, 5.74) is 0. The first kappa shape index (κ1) is 5.33. The van der Waals surface area contributed by atoms with E-state index in [-0.39, 0.29) is 6.10 Å². The summed E-state index contributed by atoms with van der Waals surface area (Å²) in [6.45, 7) is 1.98. The predicted octanol–water partition coefficient (Wildman–Crippen LogP) is 0.853. The molecule has 0 radical (unpaired) electrons. The van der Waals surface area contributed by atoms with Crippen LogP contribution in [0.15, 0.2) is 12.2 Å². The van der Waals surface area contributed by atoms with Crippen LogP contribution in [-0.4, -0.2) is 12.2 Å². The Morgan fingerprint density at radius 2 is 2.38 bits per heavy atom. The fraction of sp³-hybridized carbons (Fsp3) is 0.500. The molecule has 1 rings (SSSR count). The van der Waals surface area contributed by atoms with Gasteiger partial charge in [0.05, 0.1) is 12.2 Å². The number of nitrogens with zero attached hydrogens (tertiary/aromatic N) is 1. The smallest absolute Gasteiger partial charge is 0.103 e. The fourth-order valence-electron chi connectivity index (χ4n) is 0.542. The lowest BCUT2D eigenvalue weighted by Crippen LogP contribution is -1.79. The summed E-state index contributed by atoms with van der Waals surface area (Å²) in [6, 6.07) is 1.90. The highest BCUT2D eigenvalue weighted by molar-refractivity contribution is 5.09. The van der Waals surface area contributed by atoms with Gasteiger partial charge in [0.15, 0.2) is 0 Å². The molecule has 0 aromatic rings. The normalized spacial score (nSPS) is 35.0. The average Bonchev–Trinajstić information content (AvgIpc) is 2.42. The van der Waals surface area contributed by atoms with Gasteiger partial charge in [-0.15, -0.1) is 0 Å². The van der Waals surface area contributed by atoms with Crippen LogP contribution in [0, 0.1) is 11.3 Å². The van der Waals surface area contributed by atoms with E-state index >= 15 is 0 Å². The lowest BCUT2D eigenvalue weighted by Gasteiger charge is -1.67. The highest BCUT2D eigenvalue weighted by atomic mass is 16.6. The molecule has 1 aliphatic rings. The van der Waals surface area contributed by atoms with Crippen molar-refractivity contribution >= 4 is 0 Å². The summed E-state index contributed by atoms with van der Waals surface area (Å²) >= 11 is 0. The molecule has 0 aromatic carbocycles. The summed E-state index contributed by atoms with van der Waals surface area (Å²) in [7, 11) is 0. The monoisotopic (exact) mass is 109 g/mol. The molecule has 0 bridgehead atoms. The quantitative estimate of drug-likeness (QED) is 0.369. The van der Waals surface area contributed by atoms with Crippen molar-refractivity contribution < 1.29 is 4.74 Å². The summed E-state index contributed by atoms with van der Waals surface area (Å²) in [6.07, 6.45) is 3.77. The third-order valence-electron chi connectivity index (χ3n) is 1.12. The highest BCUT2D eigenvalue weighted by Gasteiger charge is 2.30. The van der Waals surface area contributed by atoms with E-state index in [0.717, 1.165) is 0 Å². The third kappa shape index (κ3) is 1.08. The Kier molecular flexibility index (Phi) is 1.32. The molecular weight excluding hydrogens is 102 g/mol. The molecule has 0 N–H and O–H groups in total. The Morgan fingerprint density at radius 1 is 1.75 bits per heavy atom. The number of rotatable bonds is 1. The molecule has 2 heteroatoms. The van der Waals surface area contributed by atoms with Crippen molar-refractivity contribution in [2.24, 2.45) is 0 Å². The maximum absolute atomic E-state index is 8.04. The van der Waals surface area contributed by atoms with Gasteiger partial charge in [-0.05, 0) is 13.0 Å². The second-order valence-electron chi connectivity index (χ2n) is 1.79. The molecule has 2 nitrogen and oxygen atoms in total. The molecule has 0 aromatic heterocycles. The van der Waals surface area contributed by atoms with E-state index in [9.17, 15) is 0 Å². The first-order chi connectivity index (χ1) is 3.84. The van der Waals surface area contributed by atoms with Gasteiger partial charge in [-0.1, -0.05) is 0 Å². The maximum Gasteiger partial charge on any atom is 0.103 e. The lowest BCUT2D eigenvalue weighted by atomic mass is 10.3. The van der Waals surface area contributed by atoms with Gasteiger partial charge < -0.3 is 4.74 Å². The van der Waals surface area contributed by atoms with Crippen LogP contribution in [0.25, 0.3) is 0 Å². The zero-order valence-electron chi connectivity index (χ0n) is 4.66. The number of ether oxygens (including phenoxy) is 1.